The first-order chi connectivity index (χ1) is 11.1. The van der Waals surface area contributed by atoms with E-state index in [9.17, 15) is 14.9 Å². The third-order valence-electron chi connectivity index (χ3n) is 2.98. The summed E-state index contributed by atoms with van der Waals surface area (Å²) in [7, 11) is 0. The van der Waals surface area contributed by atoms with Crippen molar-refractivity contribution < 1.29 is 14.8 Å². The van der Waals surface area contributed by atoms with Crippen LogP contribution in [-0.2, 0) is 4.79 Å². The van der Waals surface area contributed by atoms with Crippen molar-refractivity contribution in [3.63, 3.8) is 0 Å². The molecule has 0 spiro atoms. The molecule has 0 saturated heterocycles. The normalized spacial score (nSPS) is 11.0. The Bertz CT molecular complexity index is 731. The van der Waals surface area contributed by atoms with Crippen LogP contribution in [0.15, 0.2) is 53.9 Å². The van der Waals surface area contributed by atoms with Gasteiger partial charge in [-0.3, -0.25) is 25.3 Å². The van der Waals surface area contributed by atoms with Crippen molar-refractivity contribution >= 4 is 23.1 Å². The van der Waals surface area contributed by atoms with Crippen LogP contribution in [0.4, 0.5) is 11.4 Å². The second-order valence-corrected chi connectivity index (χ2v) is 4.58. The first kappa shape index (κ1) is 16.1. The van der Waals surface area contributed by atoms with Crippen LogP contribution >= 0.6 is 0 Å². The van der Waals surface area contributed by atoms with Crippen molar-refractivity contribution in [2.45, 2.75) is 12.8 Å². The fraction of sp³-hybridized carbons (Fsp3) is 0.133. The molecule has 0 aliphatic heterocycles. The summed E-state index contributed by atoms with van der Waals surface area (Å²) in [6.07, 6.45) is 3.22. The van der Waals surface area contributed by atoms with E-state index in [2.05, 4.69) is 15.5 Å². The maximum Gasteiger partial charge on any atom is 0.303 e. The zero-order valence-electron chi connectivity index (χ0n) is 12.0. The second-order valence-electron chi connectivity index (χ2n) is 4.58. The number of benzene rings is 1. The van der Waals surface area contributed by atoms with Crippen molar-refractivity contribution in [1.82, 2.24) is 4.98 Å². The number of carbonyl (C=O) groups is 1. The van der Waals surface area contributed by atoms with Gasteiger partial charge in [0.1, 0.15) is 5.69 Å². The van der Waals surface area contributed by atoms with Crippen LogP contribution in [-0.4, -0.2) is 26.7 Å². The minimum absolute atomic E-state index is 0.105. The fourth-order valence-corrected chi connectivity index (χ4v) is 1.88. The summed E-state index contributed by atoms with van der Waals surface area (Å²) < 4.78 is 0. The zero-order valence-corrected chi connectivity index (χ0v) is 12.0. The molecule has 8 heteroatoms. The third kappa shape index (κ3) is 4.60. The van der Waals surface area contributed by atoms with Crippen molar-refractivity contribution in [3.05, 3.63) is 64.5 Å². The Morgan fingerprint density at radius 1 is 1.26 bits per heavy atom. The Kier molecular flexibility index (Phi) is 5.35. The number of nitrogens with one attached hydrogen (secondary N) is 1. The lowest BCUT2D eigenvalue weighted by atomic mass is 10.1. The van der Waals surface area contributed by atoms with E-state index in [0.717, 1.165) is 0 Å². The summed E-state index contributed by atoms with van der Waals surface area (Å²) in [5, 5.41) is 23.9. The van der Waals surface area contributed by atoms with Crippen LogP contribution in [0.3, 0.4) is 0 Å². The highest BCUT2D eigenvalue weighted by Gasteiger charge is 2.13. The molecular weight excluding hydrogens is 300 g/mol. The molecule has 0 amide bonds. The Balaban J connectivity index is 2.27. The minimum atomic E-state index is -0.952. The lowest BCUT2D eigenvalue weighted by molar-refractivity contribution is -0.384. The van der Waals surface area contributed by atoms with Crippen molar-refractivity contribution in [2.75, 3.05) is 5.43 Å². The number of nitrogens with zero attached hydrogens (tertiary/aromatic N) is 3. The van der Waals surface area contributed by atoms with Gasteiger partial charge in [0.05, 0.1) is 17.1 Å². The molecule has 0 bridgehead atoms. The summed E-state index contributed by atoms with van der Waals surface area (Å²) in [6, 6.07) is 9.54. The molecule has 1 aromatic heterocycles. The maximum absolute atomic E-state index is 11.0. The molecule has 1 aromatic carbocycles. The number of hydrazone groups is 1. The van der Waals surface area contributed by atoms with Crippen molar-refractivity contribution in [3.8, 4) is 0 Å². The third-order valence-corrected chi connectivity index (χ3v) is 2.98. The first-order valence-corrected chi connectivity index (χ1v) is 6.76. The molecular formula is C15H14N4O4. The predicted octanol–water partition coefficient (Wildman–Crippen LogP) is 2.67. The van der Waals surface area contributed by atoms with Crippen LogP contribution < -0.4 is 5.43 Å². The molecule has 0 fully saturated rings. The van der Waals surface area contributed by atoms with Gasteiger partial charge in [-0.2, -0.15) is 5.10 Å². The SMILES string of the molecule is O=C(O)CC/C(=N\Nc1ccccc1[N+](=O)[O-])c1cccnc1. The summed E-state index contributed by atoms with van der Waals surface area (Å²) in [6.45, 7) is 0. The molecule has 23 heavy (non-hydrogen) atoms. The standard InChI is InChI=1S/C15H14N4O4/c20-15(21)8-7-12(11-4-3-9-16-10-11)17-18-13-5-1-2-6-14(13)19(22)23/h1-6,9-10,18H,7-8H2,(H,20,21)/b17-12+. The monoisotopic (exact) mass is 314 g/mol. The molecule has 118 valence electrons. The van der Waals surface area contributed by atoms with Crippen LogP contribution in [0.2, 0.25) is 0 Å². The predicted molar refractivity (Wildman–Crippen MR) is 84.4 cm³/mol. The first-order valence-electron chi connectivity index (χ1n) is 6.76. The molecule has 2 rings (SSSR count). The molecule has 1 heterocycles. The van der Waals surface area contributed by atoms with E-state index < -0.39 is 10.9 Å². The van der Waals surface area contributed by atoms with Gasteiger partial charge in [0.25, 0.3) is 5.69 Å². The Hall–Kier alpha value is -3.29. The molecule has 0 aliphatic carbocycles. The van der Waals surface area contributed by atoms with Crippen molar-refractivity contribution in [1.29, 1.82) is 0 Å². The maximum atomic E-state index is 11.0. The highest BCUT2D eigenvalue weighted by molar-refractivity contribution is 6.01. The topological polar surface area (TPSA) is 118 Å². The van der Waals surface area contributed by atoms with Gasteiger partial charge in [-0.25, -0.2) is 0 Å². The van der Waals surface area contributed by atoms with Crippen LogP contribution in [0, 0.1) is 10.1 Å². The second kappa shape index (κ2) is 7.64. The smallest absolute Gasteiger partial charge is 0.303 e. The summed E-state index contributed by atoms with van der Waals surface area (Å²) in [5.74, 6) is -0.952. The molecule has 2 N–H and O–H groups in total. The van der Waals surface area contributed by atoms with Crippen LogP contribution in [0.5, 0.6) is 0 Å². The van der Waals surface area contributed by atoms with Gasteiger partial charge in [-0.05, 0) is 12.1 Å². The van der Waals surface area contributed by atoms with E-state index in [1.165, 1.54) is 12.1 Å². The zero-order chi connectivity index (χ0) is 16.7. The number of hydrogen-bond acceptors (Lipinski definition) is 6. The van der Waals surface area contributed by atoms with E-state index in [0.29, 0.717) is 11.3 Å². The number of nitro benzene ring substituents is 1. The van der Waals surface area contributed by atoms with E-state index in [-0.39, 0.29) is 24.2 Å². The molecule has 0 radical (unpaired) electrons. The number of aliphatic carboxylic acids is 1. The number of hydrogen-bond donors (Lipinski definition) is 2. The van der Waals surface area contributed by atoms with Gasteiger partial charge in [0, 0.05) is 30.4 Å². The highest BCUT2D eigenvalue weighted by Crippen LogP contribution is 2.23. The van der Waals surface area contributed by atoms with Crippen LogP contribution in [0.1, 0.15) is 18.4 Å². The molecule has 0 saturated carbocycles. The van der Waals surface area contributed by atoms with Crippen LogP contribution in [0.25, 0.3) is 0 Å². The lowest BCUT2D eigenvalue weighted by Crippen LogP contribution is -2.08. The highest BCUT2D eigenvalue weighted by atomic mass is 16.6. The Labute approximate surface area is 131 Å². The average Bonchev–Trinajstić information content (AvgIpc) is 2.55. The number of nitro groups is 1. The molecule has 0 atom stereocenters. The van der Waals surface area contributed by atoms with Gasteiger partial charge < -0.3 is 5.11 Å². The lowest BCUT2D eigenvalue weighted by Gasteiger charge is -2.07. The Morgan fingerprint density at radius 3 is 2.70 bits per heavy atom. The number of pyridine rings is 1. The van der Waals surface area contributed by atoms with E-state index in [4.69, 9.17) is 5.11 Å². The number of carboxylic acid groups (broad SMARTS) is 1. The van der Waals surface area contributed by atoms with E-state index in [1.54, 1.807) is 36.7 Å². The molecule has 0 aliphatic rings. The van der Waals surface area contributed by atoms with Gasteiger partial charge in [-0.1, -0.05) is 18.2 Å². The number of rotatable bonds is 7. The summed E-state index contributed by atoms with van der Waals surface area (Å²) in [4.78, 5) is 25.2. The van der Waals surface area contributed by atoms with Gasteiger partial charge in [0.2, 0.25) is 0 Å². The molecule has 2 aromatic rings. The molecule has 0 unspecified atom stereocenters. The number of carboxylic acids is 1. The fourth-order valence-electron chi connectivity index (χ4n) is 1.88. The summed E-state index contributed by atoms with van der Waals surface area (Å²) >= 11 is 0. The number of anilines is 1. The largest absolute Gasteiger partial charge is 0.481 e. The minimum Gasteiger partial charge on any atom is -0.481 e. The molecule has 8 nitrogen and oxygen atoms in total. The number of para-hydroxylation sites is 2. The van der Waals surface area contributed by atoms with E-state index in [1.807, 2.05) is 0 Å². The van der Waals surface area contributed by atoms with Crippen molar-refractivity contribution in [2.24, 2.45) is 5.10 Å². The number of aromatic nitrogens is 1. The average molecular weight is 314 g/mol. The van der Waals surface area contributed by atoms with E-state index >= 15 is 0 Å². The summed E-state index contributed by atoms with van der Waals surface area (Å²) in [5.41, 5.74) is 3.87. The quantitative estimate of drug-likeness (QED) is 0.461. The van der Waals surface area contributed by atoms with Gasteiger partial charge in [-0.15, -0.1) is 0 Å². The van der Waals surface area contributed by atoms with Gasteiger partial charge in [0.15, 0.2) is 0 Å². The van der Waals surface area contributed by atoms with Gasteiger partial charge >= 0.3 is 5.97 Å². The Morgan fingerprint density at radius 2 is 2.04 bits per heavy atom.